The lowest BCUT2D eigenvalue weighted by molar-refractivity contribution is -0.148. The standard InChI is InChI=1S/C38H28O4/c1-7-37(41-35(39)23(3)4)31-15-11-9-13-27(31)29-19-17-25(21-33(29)37)26-18-20-30-28-14-10-12-16-32(28)38(8-2,34(30)22-26)42-36(40)24(5)6/h1,8-22H,2-3,5H2,4,6H3. The summed E-state index contributed by atoms with van der Waals surface area (Å²) in [6.45, 7) is 14.8. The molecule has 204 valence electrons. The lowest BCUT2D eigenvalue weighted by Gasteiger charge is -2.29. The average Bonchev–Trinajstić information content (AvgIpc) is 3.44. The van der Waals surface area contributed by atoms with Gasteiger partial charge in [0.15, 0.2) is 5.60 Å². The molecule has 0 heterocycles. The van der Waals surface area contributed by atoms with Crippen LogP contribution in [0.5, 0.6) is 0 Å². The summed E-state index contributed by atoms with van der Waals surface area (Å²) >= 11 is 0. The first-order valence-corrected chi connectivity index (χ1v) is 13.5. The molecule has 0 bridgehead atoms. The number of carbonyl (C=O) groups is 2. The number of hydrogen-bond acceptors (Lipinski definition) is 4. The van der Waals surface area contributed by atoms with E-state index in [2.05, 4.69) is 25.7 Å². The monoisotopic (exact) mass is 548 g/mol. The molecule has 6 rings (SSSR count). The summed E-state index contributed by atoms with van der Waals surface area (Å²) in [6.07, 6.45) is 7.83. The molecule has 0 saturated heterocycles. The van der Waals surface area contributed by atoms with Crippen LogP contribution in [0.25, 0.3) is 33.4 Å². The number of fused-ring (bicyclic) bond motifs is 6. The second kappa shape index (κ2) is 9.61. The lowest BCUT2D eigenvalue weighted by Crippen LogP contribution is -2.30. The van der Waals surface area contributed by atoms with E-state index < -0.39 is 23.1 Å². The maximum atomic E-state index is 12.9. The Kier molecular flexibility index (Phi) is 6.13. The topological polar surface area (TPSA) is 52.6 Å². The van der Waals surface area contributed by atoms with E-state index in [0.717, 1.165) is 50.1 Å². The normalized spacial score (nSPS) is 18.9. The molecule has 0 radical (unpaired) electrons. The van der Waals surface area contributed by atoms with Crippen LogP contribution in [-0.2, 0) is 30.3 Å². The number of hydrogen-bond donors (Lipinski definition) is 0. The van der Waals surface area contributed by atoms with Crippen molar-refractivity contribution in [3.63, 3.8) is 0 Å². The fourth-order valence-corrected chi connectivity index (χ4v) is 6.00. The highest BCUT2D eigenvalue weighted by Crippen LogP contribution is 2.53. The second-order valence-corrected chi connectivity index (χ2v) is 10.7. The minimum atomic E-state index is -1.41. The third kappa shape index (κ3) is 3.71. The van der Waals surface area contributed by atoms with Crippen molar-refractivity contribution in [2.75, 3.05) is 0 Å². The van der Waals surface area contributed by atoms with Crippen molar-refractivity contribution in [1.82, 2.24) is 0 Å². The molecular weight excluding hydrogens is 520 g/mol. The zero-order chi connectivity index (χ0) is 29.8. The lowest BCUT2D eigenvalue weighted by atomic mass is 9.87. The van der Waals surface area contributed by atoms with Crippen LogP contribution in [-0.4, -0.2) is 11.9 Å². The number of rotatable bonds is 6. The van der Waals surface area contributed by atoms with E-state index in [0.29, 0.717) is 11.1 Å². The first kappa shape index (κ1) is 26.8. The van der Waals surface area contributed by atoms with Crippen molar-refractivity contribution in [2.24, 2.45) is 0 Å². The summed E-state index contributed by atoms with van der Waals surface area (Å²) < 4.78 is 12.2. The second-order valence-electron chi connectivity index (χ2n) is 10.7. The predicted octanol–water partition coefficient (Wildman–Crippen LogP) is 7.86. The molecule has 2 aliphatic carbocycles. The number of ether oxygens (including phenoxy) is 2. The van der Waals surface area contributed by atoms with Gasteiger partial charge in [-0.05, 0) is 71.4 Å². The van der Waals surface area contributed by atoms with Gasteiger partial charge in [0.05, 0.1) is 0 Å². The summed E-state index contributed by atoms with van der Waals surface area (Å²) in [6, 6.07) is 27.6. The first-order valence-electron chi connectivity index (χ1n) is 13.5. The summed E-state index contributed by atoms with van der Waals surface area (Å²) in [4.78, 5) is 25.7. The number of carbonyl (C=O) groups excluding carboxylic acids is 2. The largest absolute Gasteiger partial charge is 0.441 e. The molecule has 4 aromatic rings. The summed E-state index contributed by atoms with van der Waals surface area (Å²) in [5.74, 6) is 1.73. The van der Waals surface area contributed by atoms with Crippen LogP contribution in [0, 0.1) is 12.3 Å². The Hall–Kier alpha value is -5.40. The third-order valence-corrected chi connectivity index (χ3v) is 8.05. The molecule has 0 aliphatic heterocycles. The predicted molar refractivity (Wildman–Crippen MR) is 165 cm³/mol. The molecule has 0 spiro atoms. The van der Waals surface area contributed by atoms with Crippen LogP contribution in [0.4, 0.5) is 0 Å². The summed E-state index contributed by atoms with van der Waals surface area (Å²) in [5, 5.41) is 0. The third-order valence-electron chi connectivity index (χ3n) is 8.05. The number of terminal acetylenes is 1. The zero-order valence-corrected chi connectivity index (χ0v) is 23.5. The molecular formula is C38H28O4. The van der Waals surface area contributed by atoms with Crippen LogP contribution in [0.3, 0.4) is 0 Å². The van der Waals surface area contributed by atoms with Crippen molar-refractivity contribution < 1.29 is 19.1 Å². The molecule has 0 N–H and O–H groups in total. The Morgan fingerprint density at radius 2 is 1.17 bits per heavy atom. The van der Waals surface area contributed by atoms with Gasteiger partial charge in [-0.1, -0.05) is 92.5 Å². The minimum Gasteiger partial charge on any atom is -0.441 e. The van der Waals surface area contributed by atoms with E-state index >= 15 is 0 Å². The van der Waals surface area contributed by atoms with Crippen molar-refractivity contribution in [3.05, 3.63) is 144 Å². The van der Waals surface area contributed by atoms with Crippen LogP contribution in [0.1, 0.15) is 36.1 Å². The smallest absolute Gasteiger partial charge is 0.335 e. The number of esters is 2. The molecule has 4 aromatic carbocycles. The van der Waals surface area contributed by atoms with E-state index in [4.69, 9.17) is 15.9 Å². The molecule has 42 heavy (non-hydrogen) atoms. The average molecular weight is 549 g/mol. The summed E-state index contributed by atoms with van der Waals surface area (Å²) in [5.41, 5.74) is 6.47. The van der Waals surface area contributed by atoms with Crippen molar-refractivity contribution in [2.45, 2.75) is 25.0 Å². The minimum absolute atomic E-state index is 0.259. The fourth-order valence-electron chi connectivity index (χ4n) is 6.00. The summed E-state index contributed by atoms with van der Waals surface area (Å²) in [7, 11) is 0. The zero-order valence-electron chi connectivity index (χ0n) is 23.5. The quantitative estimate of drug-likeness (QED) is 0.107. The first-order chi connectivity index (χ1) is 20.2. The van der Waals surface area contributed by atoms with Crippen LogP contribution >= 0.6 is 0 Å². The van der Waals surface area contributed by atoms with Crippen LogP contribution < -0.4 is 0 Å². The van der Waals surface area contributed by atoms with E-state index in [1.807, 2.05) is 84.9 Å². The highest BCUT2D eigenvalue weighted by molar-refractivity contribution is 5.93. The molecule has 2 aliphatic rings. The van der Waals surface area contributed by atoms with Gasteiger partial charge in [0.2, 0.25) is 5.60 Å². The van der Waals surface area contributed by atoms with Gasteiger partial charge >= 0.3 is 11.9 Å². The van der Waals surface area contributed by atoms with Gasteiger partial charge in [0, 0.05) is 33.4 Å². The van der Waals surface area contributed by atoms with Gasteiger partial charge in [-0.3, -0.25) is 0 Å². The Balaban J connectivity index is 1.54. The van der Waals surface area contributed by atoms with Gasteiger partial charge in [-0.2, -0.15) is 0 Å². The molecule has 0 aromatic heterocycles. The van der Waals surface area contributed by atoms with Gasteiger partial charge in [-0.25, -0.2) is 9.59 Å². The Morgan fingerprint density at radius 3 is 1.74 bits per heavy atom. The molecule has 0 fully saturated rings. The van der Waals surface area contributed by atoms with Crippen LogP contribution in [0.15, 0.2) is 122 Å². The Bertz CT molecular complexity index is 1920. The highest BCUT2D eigenvalue weighted by Gasteiger charge is 2.47. The molecule has 2 atom stereocenters. The highest BCUT2D eigenvalue weighted by atomic mass is 16.6. The van der Waals surface area contributed by atoms with E-state index in [9.17, 15) is 9.59 Å². The van der Waals surface area contributed by atoms with Crippen molar-refractivity contribution in [1.29, 1.82) is 0 Å². The van der Waals surface area contributed by atoms with Crippen molar-refractivity contribution >= 4 is 11.9 Å². The SMILES string of the molecule is C#CC1(OC(=O)C(=C)C)c2ccccc2-c2ccc(-c3ccc4c(c3)C(C=C)(OC(=O)C(=C)C)c3ccccc3-4)cc21. The van der Waals surface area contributed by atoms with Gasteiger partial charge in [0.1, 0.15) is 0 Å². The Labute approximate surface area is 245 Å². The molecule has 0 saturated carbocycles. The van der Waals surface area contributed by atoms with Crippen LogP contribution in [0.2, 0.25) is 0 Å². The van der Waals surface area contributed by atoms with Gasteiger partial charge in [-0.15, -0.1) is 6.42 Å². The van der Waals surface area contributed by atoms with Gasteiger partial charge < -0.3 is 9.47 Å². The Morgan fingerprint density at radius 1 is 0.690 bits per heavy atom. The van der Waals surface area contributed by atoms with E-state index in [-0.39, 0.29) is 5.57 Å². The number of benzene rings is 4. The fraction of sp³-hybridized carbons (Fsp3) is 0.105. The molecule has 0 amide bonds. The van der Waals surface area contributed by atoms with E-state index in [1.165, 1.54) is 0 Å². The van der Waals surface area contributed by atoms with Crippen molar-refractivity contribution in [3.8, 4) is 45.7 Å². The molecule has 4 heteroatoms. The molecule has 4 nitrogen and oxygen atoms in total. The van der Waals surface area contributed by atoms with E-state index in [1.54, 1.807) is 19.9 Å². The maximum Gasteiger partial charge on any atom is 0.335 e. The molecule has 2 unspecified atom stereocenters. The maximum absolute atomic E-state index is 12.9. The van der Waals surface area contributed by atoms with Gasteiger partial charge in [0.25, 0.3) is 0 Å².